The molecular weight excluding hydrogens is 315 g/mol. The monoisotopic (exact) mass is 335 g/mol. The van der Waals surface area contributed by atoms with E-state index in [9.17, 15) is 13.2 Å². The van der Waals surface area contributed by atoms with E-state index in [2.05, 4.69) is 19.2 Å². The molecule has 0 radical (unpaired) electrons. The van der Waals surface area contributed by atoms with Crippen molar-refractivity contribution < 1.29 is 13.2 Å². The van der Waals surface area contributed by atoms with Gasteiger partial charge in [-0.2, -0.15) is 36.7 Å². The van der Waals surface area contributed by atoms with Crippen LogP contribution in [-0.4, -0.2) is 28.6 Å². The van der Waals surface area contributed by atoms with Crippen molar-refractivity contribution in [2.75, 3.05) is 12.8 Å². The van der Waals surface area contributed by atoms with E-state index in [0.29, 0.717) is 16.1 Å². The smallest absolute Gasteiger partial charge is 0.312 e. The van der Waals surface area contributed by atoms with Gasteiger partial charge in [-0.1, -0.05) is 32.0 Å². The van der Waals surface area contributed by atoms with Gasteiger partial charge in [-0.05, 0) is 18.7 Å². The summed E-state index contributed by atoms with van der Waals surface area (Å²) in [5.74, 6) is 0.869. The highest BCUT2D eigenvalue weighted by Crippen LogP contribution is 2.43. The van der Waals surface area contributed by atoms with Crippen molar-refractivity contribution in [3.8, 4) is 0 Å². The molecule has 1 nitrogen and oxygen atoms in total. The van der Waals surface area contributed by atoms with Crippen molar-refractivity contribution >= 4 is 23.5 Å². The number of nitrogens with one attached hydrogen (secondary N) is 1. The van der Waals surface area contributed by atoms with Gasteiger partial charge in [0.05, 0.1) is 5.56 Å². The zero-order valence-electron chi connectivity index (χ0n) is 12.3. The Hall–Kier alpha value is -0.330. The largest absolute Gasteiger partial charge is 0.416 e. The summed E-state index contributed by atoms with van der Waals surface area (Å²) in [5.41, 5.74) is -0.173. The van der Waals surface area contributed by atoms with Crippen molar-refractivity contribution in [2.24, 2.45) is 0 Å². The van der Waals surface area contributed by atoms with Gasteiger partial charge in [0, 0.05) is 27.5 Å². The van der Waals surface area contributed by atoms with Crippen LogP contribution in [0.5, 0.6) is 0 Å². The van der Waals surface area contributed by atoms with Gasteiger partial charge >= 0.3 is 6.18 Å². The molecule has 0 saturated carbocycles. The van der Waals surface area contributed by atoms with Crippen LogP contribution in [0.1, 0.15) is 31.0 Å². The maximum absolute atomic E-state index is 13.2. The van der Waals surface area contributed by atoms with Gasteiger partial charge in [0.15, 0.2) is 0 Å². The summed E-state index contributed by atoms with van der Waals surface area (Å²) in [6, 6.07) is 5.62. The topological polar surface area (TPSA) is 12.0 Å². The third-order valence-electron chi connectivity index (χ3n) is 3.86. The normalized spacial score (nSPS) is 28.4. The van der Waals surface area contributed by atoms with E-state index in [1.165, 1.54) is 12.1 Å². The van der Waals surface area contributed by atoms with Crippen molar-refractivity contribution in [3.05, 3.63) is 35.4 Å². The Balaban J connectivity index is 2.30. The molecule has 4 atom stereocenters. The Labute approximate surface area is 132 Å². The quantitative estimate of drug-likeness (QED) is 0.867. The summed E-state index contributed by atoms with van der Waals surface area (Å²) < 4.78 is 39.6. The van der Waals surface area contributed by atoms with Gasteiger partial charge in [0.1, 0.15) is 0 Å². The van der Waals surface area contributed by atoms with E-state index in [4.69, 9.17) is 0 Å². The van der Waals surface area contributed by atoms with Crippen LogP contribution in [0, 0.1) is 0 Å². The number of hydrogen-bond acceptors (Lipinski definition) is 3. The summed E-state index contributed by atoms with van der Waals surface area (Å²) >= 11 is 3.63. The number of halogens is 3. The van der Waals surface area contributed by atoms with Crippen LogP contribution in [0.2, 0.25) is 0 Å². The van der Waals surface area contributed by atoms with Crippen molar-refractivity contribution in [2.45, 2.75) is 41.8 Å². The molecule has 1 N–H and O–H groups in total. The molecule has 1 aromatic carbocycles. The van der Waals surface area contributed by atoms with Crippen LogP contribution in [0.3, 0.4) is 0 Å². The van der Waals surface area contributed by atoms with Crippen LogP contribution >= 0.6 is 23.5 Å². The minimum atomic E-state index is -4.31. The molecule has 1 saturated heterocycles. The first kappa shape index (κ1) is 17.0. The molecular formula is C15H20F3NS2. The second-order valence-electron chi connectivity index (χ2n) is 5.27. The third kappa shape index (κ3) is 3.90. The zero-order chi connectivity index (χ0) is 15.6. The molecule has 0 aromatic heterocycles. The molecule has 1 heterocycles. The molecule has 118 valence electrons. The Kier molecular flexibility index (Phi) is 5.54. The molecule has 1 fully saturated rings. The lowest BCUT2D eigenvalue weighted by atomic mass is 9.98. The van der Waals surface area contributed by atoms with E-state index >= 15 is 0 Å². The van der Waals surface area contributed by atoms with Gasteiger partial charge in [-0.25, -0.2) is 0 Å². The minimum absolute atomic E-state index is 0.148. The predicted molar refractivity (Wildman–Crippen MR) is 86.0 cm³/mol. The van der Waals surface area contributed by atoms with E-state index in [0.717, 1.165) is 5.75 Å². The number of alkyl halides is 3. The molecule has 0 amide bonds. The van der Waals surface area contributed by atoms with Crippen molar-refractivity contribution in [3.63, 3.8) is 0 Å². The fraction of sp³-hybridized carbons (Fsp3) is 0.600. The number of hydrogen-bond donors (Lipinski definition) is 1. The lowest BCUT2D eigenvalue weighted by Gasteiger charge is -2.36. The Morgan fingerprint density at radius 1 is 1.19 bits per heavy atom. The first-order valence-corrected chi connectivity index (χ1v) is 8.94. The highest BCUT2D eigenvalue weighted by atomic mass is 32.2. The second-order valence-corrected chi connectivity index (χ2v) is 8.30. The van der Waals surface area contributed by atoms with E-state index in [1.807, 2.05) is 11.8 Å². The Morgan fingerprint density at radius 3 is 2.43 bits per heavy atom. The van der Waals surface area contributed by atoms with Crippen LogP contribution in [-0.2, 0) is 6.18 Å². The number of rotatable bonds is 3. The lowest BCUT2D eigenvalue weighted by Crippen LogP contribution is -2.36. The maximum atomic E-state index is 13.2. The summed E-state index contributed by atoms with van der Waals surface area (Å²) in [4.78, 5) is 0. The maximum Gasteiger partial charge on any atom is 0.416 e. The SMILES string of the molecule is CNC(c1ccccc1C(F)(F)F)C1CSC(C)C(C)S1. The lowest BCUT2D eigenvalue weighted by molar-refractivity contribution is -0.138. The van der Waals surface area contributed by atoms with Gasteiger partial charge in [0.25, 0.3) is 0 Å². The molecule has 1 aliphatic heterocycles. The van der Waals surface area contributed by atoms with Gasteiger partial charge in [-0.15, -0.1) is 0 Å². The molecule has 1 aliphatic rings. The molecule has 0 aliphatic carbocycles. The number of thioether (sulfide) groups is 2. The van der Waals surface area contributed by atoms with Gasteiger partial charge in [-0.3, -0.25) is 0 Å². The fourth-order valence-electron chi connectivity index (χ4n) is 2.55. The van der Waals surface area contributed by atoms with Gasteiger partial charge in [0.2, 0.25) is 0 Å². The highest BCUT2D eigenvalue weighted by Gasteiger charge is 2.38. The predicted octanol–water partition coefficient (Wildman–Crippen LogP) is 4.59. The Morgan fingerprint density at radius 2 is 1.86 bits per heavy atom. The minimum Gasteiger partial charge on any atom is -0.312 e. The second kappa shape index (κ2) is 6.84. The van der Waals surface area contributed by atoms with E-state index in [-0.39, 0.29) is 11.3 Å². The average Bonchev–Trinajstić information content (AvgIpc) is 2.43. The first-order chi connectivity index (χ1) is 9.84. The molecule has 4 unspecified atom stereocenters. The summed E-state index contributed by atoms with van der Waals surface area (Å²) in [7, 11) is 1.74. The van der Waals surface area contributed by atoms with Crippen molar-refractivity contribution in [1.82, 2.24) is 5.32 Å². The number of benzene rings is 1. The molecule has 21 heavy (non-hydrogen) atoms. The van der Waals surface area contributed by atoms with E-state index in [1.54, 1.807) is 30.9 Å². The van der Waals surface area contributed by atoms with Crippen LogP contribution in [0.15, 0.2) is 24.3 Å². The Bertz CT molecular complexity index is 478. The summed E-state index contributed by atoms with van der Waals surface area (Å²) in [6.07, 6.45) is -4.31. The molecule has 2 rings (SSSR count). The fourth-order valence-corrected chi connectivity index (χ4v) is 5.70. The third-order valence-corrected chi connectivity index (χ3v) is 7.35. The summed E-state index contributed by atoms with van der Waals surface area (Å²) in [5, 5.41) is 4.24. The summed E-state index contributed by atoms with van der Waals surface area (Å²) in [6.45, 7) is 4.33. The van der Waals surface area contributed by atoms with Crippen LogP contribution in [0.4, 0.5) is 13.2 Å². The standard InChI is InChI=1S/C15H20F3NS2/c1-9-10(2)21-13(8-20-9)14(19-3)11-6-4-5-7-12(11)15(16,17)18/h4-7,9-10,13-14,19H,8H2,1-3H3. The molecule has 1 aromatic rings. The highest BCUT2D eigenvalue weighted by molar-refractivity contribution is 8.07. The first-order valence-electron chi connectivity index (χ1n) is 6.95. The van der Waals surface area contributed by atoms with Crippen LogP contribution < -0.4 is 5.32 Å². The van der Waals surface area contributed by atoms with Gasteiger partial charge < -0.3 is 5.32 Å². The zero-order valence-corrected chi connectivity index (χ0v) is 13.9. The van der Waals surface area contributed by atoms with Crippen LogP contribution in [0.25, 0.3) is 0 Å². The average molecular weight is 335 g/mol. The van der Waals surface area contributed by atoms with Crippen molar-refractivity contribution in [1.29, 1.82) is 0 Å². The molecule has 6 heteroatoms. The molecule has 0 spiro atoms. The molecule has 0 bridgehead atoms. The van der Waals surface area contributed by atoms with E-state index < -0.39 is 11.7 Å².